The first kappa shape index (κ1) is 25.4. The summed E-state index contributed by atoms with van der Waals surface area (Å²) in [7, 11) is 0. The summed E-state index contributed by atoms with van der Waals surface area (Å²) < 4.78 is 5.13. The highest BCUT2D eigenvalue weighted by atomic mass is 16.5. The fourth-order valence-electron chi connectivity index (χ4n) is 4.34. The van der Waals surface area contributed by atoms with E-state index in [9.17, 15) is 24.3 Å². The van der Waals surface area contributed by atoms with E-state index in [1.165, 1.54) is 6.07 Å². The fourth-order valence-corrected chi connectivity index (χ4v) is 4.34. The van der Waals surface area contributed by atoms with E-state index in [-0.39, 0.29) is 24.5 Å². The summed E-state index contributed by atoms with van der Waals surface area (Å²) in [4.78, 5) is 53.0. The molecule has 0 bridgehead atoms. The van der Waals surface area contributed by atoms with Crippen molar-refractivity contribution in [3.8, 4) is 0 Å². The number of ether oxygens (including phenoxy) is 1. The molecular weight excluding hydrogens is 474 g/mol. The molecule has 2 heterocycles. The van der Waals surface area contributed by atoms with Gasteiger partial charge in [-0.1, -0.05) is 30.3 Å². The number of rotatable bonds is 8. The van der Waals surface area contributed by atoms with Crippen molar-refractivity contribution in [3.05, 3.63) is 87.7 Å². The molecule has 1 unspecified atom stereocenters. The van der Waals surface area contributed by atoms with E-state index < -0.39 is 23.9 Å². The van der Waals surface area contributed by atoms with E-state index in [2.05, 4.69) is 15.6 Å². The van der Waals surface area contributed by atoms with Crippen LogP contribution < -0.4 is 10.6 Å². The topological polar surface area (TPSA) is 138 Å². The Labute approximate surface area is 213 Å². The maximum absolute atomic E-state index is 13.0. The number of esters is 1. The quantitative estimate of drug-likeness (QED) is 0.274. The molecule has 9 heteroatoms. The number of anilines is 1. The van der Waals surface area contributed by atoms with E-state index in [4.69, 9.17) is 4.74 Å². The van der Waals surface area contributed by atoms with Crippen LogP contribution in [0.5, 0.6) is 0 Å². The average Bonchev–Trinajstić information content (AvgIpc) is 3.33. The van der Waals surface area contributed by atoms with Gasteiger partial charge in [0.15, 0.2) is 0 Å². The van der Waals surface area contributed by atoms with Crippen molar-refractivity contribution in [2.75, 3.05) is 11.9 Å². The van der Waals surface area contributed by atoms with Gasteiger partial charge < -0.3 is 25.5 Å². The maximum atomic E-state index is 13.0. The van der Waals surface area contributed by atoms with Gasteiger partial charge in [-0.15, -0.1) is 0 Å². The van der Waals surface area contributed by atoms with Crippen molar-refractivity contribution in [2.24, 2.45) is 0 Å². The first-order valence-electron chi connectivity index (χ1n) is 11.8. The number of nitrogens with one attached hydrogen (secondary N) is 3. The molecule has 1 aromatic heterocycles. The molecule has 4 N–H and O–H groups in total. The van der Waals surface area contributed by atoms with Crippen molar-refractivity contribution >= 4 is 41.1 Å². The van der Waals surface area contributed by atoms with Crippen molar-refractivity contribution in [1.82, 2.24) is 10.3 Å². The third kappa shape index (κ3) is 5.30. The molecule has 0 radical (unpaired) electrons. The summed E-state index contributed by atoms with van der Waals surface area (Å²) in [6, 6.07) is 12.6. The van der Waals surface area contributed by atoms with Crippen molar-refractivity contribution < 1.29 is 29.0 Å². The number of carboxylic acid groups (broad SMARTS) is 1. The van der Waals surface area contributed by atoms with Gasteiger partial charge in [0, 0.05) is 34.6 Å². The van der Waals surface area contributed by atoms with Crippen LogP contribution in [0.15, 0.2) is 48.5 Å². The zero-order valence-electron chi connectivity index (χ0n) is 20.7. The Hall–Kier alpha value is -4.66. The third-order valence-corrected chi connectivity index (χ3v) is 6.20. The van der Waals surface area contributed by atoms with Crippen LogP contribution in [0.2, 0.25) is 0 Å². The molecule has 3 aromatic rings. The Morgan fingerprint density at radius 2 is 1.84 bits per heavy atom. The van der Waals surface area contributed by atoms with Crippen molar-refractivity contribution in [3.63, 3.8) is 0 Å². The van der Waals surface area contributed by atoms with Gasteiger partial charge in [-0.25, -0.2) is 9.59 Å². The van der Waals surface area contributed by atoms with Crippen LogP contribution in [0, 0.1) is 13.8 Å². The number of aryl methyl sites for hydroxylation is 1. The van der Waals surface area contributed by atoms with Gasteiger partial charge in [0.05, 0.1) is 17.7 Å². The molecule has 0 spiro atoms. The SMILES string of the molecule is CCOC(=O)c1c(C)[nH]c(C=C2C(=O)Nc3ccc(C(=O)NC(Cc4ccccc4)C(=O)O)cc32)c1C. The van der Waals surface area contributed by atoms with E-state index in [0.717, 1.165) is 5.56 Å². The first-order valence-corrected chi connectivity index (χ1v) is 11.8. The lowest BCUT2D eigenvalue weighted by atomic mass is 10.0. The van der Waals surface area contributed by atoms with Gasteiger partial charge in [0.25, 0.3) is 11.8 Å². The zero-order valence-corrected chi connectivity index (χ0v) is 20.7. The maximum Gasteiger partial charge on any atom is 0.340 e. The van der Waals surface area contributed by atoms with Gasteiger partial charge in [0.1, 0.15) is 6.04 Å². The fraction of sp³-hybridized carbons (Fsp3) is 0.214. The largest absolute Gasteiger partial charge is 0.480 e. The van der Waals surface area contributed by atoms with Crippen LogP contribution in [0.1, 0.15) is 55.7 Å². The Bertz CT molecular complexity index is 1420. The Balaban J connectivity index is 1.62. The van der Waals surface area contributed by atoms with E-state index in [1.807, 2.05) is 6.07 Å². The molecule has 37 heavy (non-hydrogen) atoms. The lowest BCUT2D eigenvalue weighted by Gasteiger charge is -2.15. The Morgan fingerprint density at radius 3 is 2.51 bits per heavy atom. The predicted octanol–water partition coefficient (Wildman–Crippen LogP) is 3.73. The van der Waals surface area contributed by atoms with Crippen molar-refractivity contribution in [1.29, 1.82) is 0 Å². The number of H-pyrrole nitrogens is 1. The number of aromatic nitrogens is 1. The standard InChI is InChI=1S/C28H27N3O6/c1-4-37-28(36)24-15(2)22(29-16(24)3)14-20-19-13-18(10-11-21(19)30-26(20)33)25(32)31-23(27(34)35)12-17-8-6-5-7-9-17/h5-11,13-14,23,29H,4,12H2,1-3H3,(H,30,33)(H,31,32)(H,34,35). The lowest BCUT2D eigenvalue weighted by molar-refractivity contribution is -0.139. The number of aromatic amines is 1. The number of hydrogen-bond acceptors (Lipinski definition) is 5. The summed E-state index contributed by atoms with van der Waals surface area (Å²) in [5.74, 6) is -2.52. The van der Waals surface area contributed by atoms with Gasteiger partial charge in [0.2, 0.25) is 0 Å². The minimum absolute atomic E-state index is 0.131. The van der Waals surface area contributed by atoms with Gasteiger partial charge in [-0.05, 0) is 56.2 Å². The van der Waals surface area contributed by atoms with Crippen LogP contribution in [-0.4, -0.2) is 46.5 Å². The van der Waals surface area contributed by atoms with Crippen LogP contribution in [0.3, 0.4) is 0 Å². The second-order valence-electron chi connectivity index (χ2n) is 8.71. The summed E-state index contributed by atoms with van der Waals surface area (Å²) in [6.45, 7) is 5.49. The summed E-state index contributed by atoms with van der Waals surface area (Å²) >= 11 is 0. The minimum atomic E-state index is -1.15. The lowest BCUT2D eigenvalue weighted by Crippen LogP contribution is -2.42. The summed E-state index contributed by atoms with van der Waals surface area (Å²) in [5.41, 5.74) is 4.58. The van der Waals surface area contributed by atoms with Gasteiger partial charge in [-0.2, -0.15) is 0 Å². The van der Waals surface area contributed by atoms with Crippen LogP contribution in [0.25, 0.3) is 11.6 Å². The van der Waals surface area contributed by atoms with Gasteiger partial charge in [-0.3, -0.25) is 9.59 Å². The second kappa shape index (κ2) is 10.5. The molecular formula is C28H27N3O6. The highest BCUT2D eigenvalue weighted by Gasteiger charge is 2.28. The number of hydrogen-bond donors (Lipinski definition) is 4. The highest BCUT2D eigenvalue weighted by Crippen LogP contribution is 2.35. The Kier molecular flexibility index (Phi) is 7.24. The number of carbonyl (C=O) groups excluding carboxylic acids is 3. The highest BCUT2D eigenvalue weighted by molar-refractivity contribution is 6.35. The monoisotopic (exact) mass is 501 g/mol. The molecule has 9 nitrogen and oxygen atoms in total. The molecule has 1 atom stereocenters. The van der Waals surface area contributed by atoms with E-state index >= 15 is 0 Å². The number of carbonyl (C=O) groups is 4. The molecule has 4 rings (SSSR count). The molecule has 1 aliphatic heterocycles. The second-order valence-corrected chi connectivity index (χ2v) is 8.71. The van der Waals surface area contributed by atoms with E-state index in [0.29, 0.717) is 39.3 Å². The number of aliphatic carboxylic acids is 1. The molecule has 2 amide bonds. The molecule has 0 aliphatic carbocycles. The van der Waals surface area contributed by atoms with Gasteiger partial charge >= 0.3 is 11.9 Å². The first-order chi connectivity index (χ1) is 17.7. The normalized spacial score (nSPS) is 14.1. The summed E-state index contributed by atoms with van der Waals surface area (Å²) in [6.07, 6.45) is 1.76. The zero-order chi connectivity index (χ0) is 26.7. The van der Waals surface area contributed by atoms with Crippen LogP contribution in [-0.2, 0) is 20.7 Å². The molecule has 0 saturated heterocycles. The number of amides is 2. The number of carboxylic acids is 1. The Morgan fingerprint density at radius 1 is 1.11 bits per heavy atom. The van der Waals surface area contributed by atoms with Crippen molar-refractivity contribution in [2.45, 2.75) is 33.2 Å². The minimum Gasteiger partial charge on any atom is -0.480 e. The third-order valence-electron chi connectivity index (χ3n) is 6.20. The van der Waals surface area contributed by atoms with Crippen LogP contribution in [0.4, 0.5) is 5.69 Å². The molecule has 0 saturated carbocycles. The molecule has 2 aromatic carbocycles. The summed E-state index contributed by atoms with van der Waals surface area (Å²) in [5, 5.41) is 15.0. The average molecular weight is 502 g/mol. The molecule has 1 aliphatic rings. The molecule has 190 valence electrons. The van der Waals surface area contributed by atoms with Crippen LogP contribution >= 0.6 is 0 Å². The number of fused-ring (bicyclic) bond motifs is 1. The number of benzene rings is 2. The van der Waals surface area contributed by atoms with E-state index in [1.54, 1.807) is 63.2 Å². The molecule has 0 fully saturated rings. The predicted molar refractivity (Wildman–Crippen MR) is 138 cm³/mol. The smallest absolute Gasteiger partial charge is 0.340 e.